The van der Waals surface area contributed by atoms with E-state index in [4.69, 9.17) is 9.47 Å². The third kappa shape index (κ3) is 3.25. The molecule has 3 aliphatic carbocycles. The summed E-state index contributed by atoms with van der Waals surface area (Å²) in [5, 5.41) is 16.1. The van der Waals surface area contributed by atoms with Crippen LogP contribution in [0.2, 0.25) is 0 Å². The maximum absolute atomic E-state index is 13.1. The van der Waals surface area contributed by atoms with Gasteiger partial charge in [0, 0.05) is 12.1 Å². The van der Waals surface area contributed by atoms with Crippen LogP contribution >= 0.6 is 0 Å². The zero-order chi connectivity index (χ0) is 24.3. The van der Waals surface area contributed by atoms with Crippen LogP contribution in [0.4, 0.5) is 5.69 Å². The van der Waals surface area contributed by atoms with Crippen molar-refractivity contribution in [3.05, 3.63) is 75.9 Å². The van der Waals surface area contributed by atoms with E-state index in [1.54, 1.807) is 30.3 Å². The van der Waals surface area contributed by atoms with E-state index < -0.39 is 4.92 Å². The summed E-state index contributed by atoms with van der Waals surface area (Å²) in [6.07, 6.45) is 7.96. The SMILES string of the molecule is COc1cc(/C=N\N2C(=O)[C@@H]3[C@@H](C2=O)[C@@H]2C=C[C@@H]3C23CC3)ccc1OCc1ccc([N+](=O)[O-])cc1. The van der Waals surface area contributed by atoms with Crippen molar-refractivity contribution in [1.82, 2.24) is 5.01 Å². The fraction of sp³-hybridized carbons (Fsp3) is 0.346. The number of allylic oxidation sites excluding steroid dienone is 2. The number of non-ortho nitro benzene ring substituents is 1. The molecule has 2 amide bonds. The zero-order valence-electron chi connectivity index (χ0n) is 19.0. The Morgan fingerprint density at radius 3 is 2.29 bits per heavy atom. The van der Waals surface area contributed by atoms with Crippen molar-refractivity contribution in [1.29, 1.82) is 0 Å². The lowest BCUT2D eigenvalue weighted by molar-refractivity contribution is -0.384. The first kappa shape index (κ1) is 21.5. The molecular formula is C26H23N3O6. The van der Waals surface area contributed by atoms with Crippen molar-refractivity contribution in [2.24, 2.45) is 34.2 Å². The molecule has 4 aliphatic rings. The first-order valence-electron chi connectivity index (χ1n) is 11.6. The largest absolute Gasteiger partial charge is 0.493 e. The first-order chi connectivity index (χ1) is 16.9. The third-order valence-corrected chi connectivity index (χ3v) is 7.88. The van der Waals surface area contributed by atoms with E-state index in [9.17, 15) is 19.7 Å². The van der Waals surface area contributed by atoms with Crippen LogP contribution in [0.1, 0.15) is 24.0 Å². The number of hydrazone groups is 1. The van der Waals surface area contributed by atoms with Gasteiger partial charge in [-0.15, -0.1) is 0 Å². The number of hydrogen-bond acceptors (Lipinski definition) is 7. The Labute approximate surface area is 201 Å². The maximum Gasteiger partial charge on any atom is 0.269 e. The average Bonchev–Trinajstić information content (AvgIpc) is 3.47. The van der Waals surface area contributed by atoms with Crippen LogP contribution in [-0.4, -0.2) is 35.1 Å². The number of carbonyl (C=O) groups excluding carboxylic acids is 2. The minimum atomic E-state index is -0.450. The maximum atomic E-state index is 13.1. The predicted molar refractivity (Wildman–Crippen MR) is 125 cm³/mol. The average molecular weight is 473 g/mol. The Morgan fingerprint density at radius 1 is 1.06 bits per heavy atom. The molecule has 2 aromatic carbocycles. The van der Waals surface area contributed by atoms with Crippen molar-refractivity contribution in [3.8, 4) is 11.5 Å². The highest BCUT2D eigenvalue weighted by atomic mass is 16.6. The van der Waals surface area contributed by atoms with Gasteiger partial charge in [0.1, 0.15) is 6.61 Å². The zero-order valence-corrected chi connectivity index (χ0v) is 19.0. The molecule has 0 N–H and O–H groups in total. The molecule has 0 aromatic heterocycles. The number of rotatable bonds is 7. The van der Waals surface area contributed by atoms with Crippen LogP contribution in [-0.2, 0) is 16.2 Å². The number of hydrogen-bond donors (Lipinski definition) is 0. The molecule has 1 heterocycles. The highest BCUT2D eigenvalue weighted by Crippen LogP contribution is 2.73. The minimum absolute atomic E-state index is 0.0181. The van der Waals surface area contributed by atoms with Gasteiger partial charge in [-0.25, -0.2) is 0 Å². The number of carbonyl (C=O) groups is 2. The smallest absolute Gasteiger partial charge is 0.269 e. The van der Waals surface area contributed by atoms with Gasteiger partial charge in [0.05, 0.1) is 30.1 Å². The van der Waals surface area contributed by atoms with Crippen LogP contribution in [0, 0.1) is 39.2 Å². The van der Waals surface area contributed by atoms with Crippen molar-refractivity contribution < 1.29 is 24.0 Å². The number of nitrogens with zero attached hydrogens (tertiary/aromatic N) is 3. The predicted octanol–water partition coefficient (Wildman–Crippen LogP) is 3.71. The monoisotopic (exact) mass is 473 g/mol. The first-order valence-corrected chi connectivity index (χ1v) is 11.6. The standard InChI is InChI=1S/C26H23N3O6/c1-34-21-12-16(4-9-20(21)35-14-15-2-5-17(6-3-15)29(32)33)13-27-28-24(30)22-18-7-8-19(23(22)25(28)31)26(18)10-11-26/h2-9,12-13,18-19,22-23H,10-11,14H2,1H3/b27-13-/t18-,19-,22-,23-/m0/s1. The van der Waals surface area contributed by atoms with E-state index in [-0.39, 0.29) is 53.2 Å². The lowest BCUT2D eigenvalue weighted by Gasteiger charge is -2.18. The molecule has 6 rings (SSSR count). The van der Waals surface area contributed by atoms with Gasteiger partial charge in [0.2, 0.25) is 0 Å². The second-order valence-electron chi connectivity index (χ2n) is 9.58. The van der Waals surface area contributed by atoms with Crippen LogP contribution in [0.15, 0.2) is 59.7 Å². The number of benzene rings is 2. The molecule has 4 atom stereocenters. The Hall–Kier alpha value is -4.01. The molecule has 9 nitrogen and oxygen atoms in total. The number of amides is 2. The third-order valence-electron chi connectivity index (χ3n) is 7.88. The molecule has 1 aliphatic heterocycles. The summed E-state index contributed by atoms with van der Waals surface area (Å²) in [4.78, 5) is 36.5. The lowest BCUT2D eigenvalue weighted by atomic mass is 9.85. The Balaban J connectivity index is 1.14. The van der Waals surface area contributed by atoms with Gasteiger partial charge in [-0.3, -0.25) is 19.7 Å². The van der Waals surface area contributed by atoms with E-state index in [1.807, 2.05) is 0 Å². The molecule has 9 heteroatoms. The van der Waals surface area contributed by atoms with Crippen molar-refractivity contribution in [2.45, 2.75) is 19.4 Å². The second-order valence-corrected chi connectivity index (χ2v) is 9.58. The molecule has 2 bridgehead atoms. The van der Waals surface area contributed by atoms with Gasteiger partial charge in [-0.1, -0.05) is 12.2 Å². The van der Waals surface area contributed by atoms with E-state index in [1.165, 1.54) is 25.5 Å². The fourth-order valence-electron chi connectivity index (χ4n) is 6.06. The van der Waals surface area contributed by atoms with Crippen LogP contribution in [0.3, 0.4) is 0 Å². The van der Waals surface area contributed by atoms with E-state index in [0.29, 0.717) is 17.1 Å². The van der Waals surface area contributed by atoms with E-state index in [2.05, 4.69) is 17.3 Å². The number of ether oxygens (including phenoxy) is 2. The summed E-state index contributed by atoms with van der Waals surface area (Å²) in [6, 6.07) is 11.3. The van der Waals surface area contributed by atoms with Gasteiger partial charge in [0.15, 0.2) is 11.5 Å². The normalized spacial score (nSPS) is 27.2. The van der Waals surface area contributed by atoms with Crippen molar-refractivity contribution in [3.63, 3.8) is 0 Å². The number of nitro benzene ring substituents is 1. The lowest BCUT2D eigenvalue weighted by Crippen LogP contribution is -2.30. The number of nitro groups is 1. The quantitative estimate of drug-likeness (QED) is 0.199. The number of imide groups is 1. The van der Waals surface area contributed by atoms with Crippen molar-refractivity contribution >= 4 is 23.7 Å². The molecule has 35 heavy (non-hydrogen) atoms. The summed E-state index contributed by atoms with van der Waals surface area (Å²) < 4.78 is 11.3. The van der Waals surface area contributed by atoms with Crippen LogP contribution < -0.4 is 9.47 Å². The van der Waals surface area contributed by atoms with Gasteiger partial charge >= 0.3 is 0 Å². The van der Waals surface area contributed by atoms with Crippen molar-refractivity contribution in [2.75, 3.05) is 7.11 Å². The Kier molecular flexibility index (Phi) is 4.77. The van der Waals surface area contributed by atoms with Crippen LogP contribution in [0.25, 0.3) is 0 Å². The highest BCUT2D eigenvalue weighted by molar-refractivity contribution is 6.07. The Bertz CT molecular complexity index is 1260. The summed E-state index contributed by atoms with van der Waals surface area (Å²) in [5.74, 6) is 0.336. The minimum Gasteiger partial charge on any atom is -0.493 e. The van der Waals surface area contributed by atoms with Crippen LogP contribution in [0.5, 0.6) is 11.5 Å². The molecule has 3 fully saturated rings. The van der Waals surface area contributed by atoms with Gasteiger partial charge < -0.3 is 9.47 Å². The number of fused-ring (bicyclic) bond motifs is 3. The number of methoxy groups -OCH3 is 1. The molecule has 1 spiro atoms. The molecule has 2 saturated carbocycles. The molecule has 0 unspecified atom stereocenters. The Morgan fingerprint density at radius 2 is 1.71 bits per heavy atom. The van der Waals surface area contributed by atoms with Gasteiger partial charge in [-0.2, -0.15) is 10.1 Å². The van der Waals surface area contributed by atoms with E-state index >= 15 is 0 Å². The molecule has 2 aromatic rings. The molecule has 1 saturated heterocycles. The summed E-state index contributed by atoms with van der Waals surface area (Å²) >= 11 is 0. The highest BCUT2D eigenvalue weighted by Gasteiger charge is 2.73. The summed E-state index contributed by atoms with van der Waals surface area (Å²) in [5.41, 5.74) is 1.61. The molecular weight excluding hydrogens is 450 g/mol. The van der Waals surface area contributed by atoms with Gasteiger partial charge in [-0.05, 0) is 71.6 Å². The van der Waals surface area contributed by atoms with E-state index in [0.717, 1.165) is 23.4 Å². The van der Waals surface area contributed by atoms with Gasteiger partial charge in [0.25, 0.3) is 17.5 Å². The molecule has 0 radical (unpaired) electrons. The second kappa shape index (κ2) is 7.76. The summed E-state index contributed by atoms with van der Waals surface area (Å²) in [6.45, 7) is 0.208. The molecule has 178 valence electrons. The summed E-state index contributed by atoms with van der Waals surface area (Å²) in [7, 11) is 1.51. The fourth-order valence-corrected chi connectivity index (χ4v) is 6.06. The topological polar surface area (TPSA) is 111 Å².